The van der Waals surface area contributed by atoms with Gasteiger partial charge in [0, 0.05) is 38.5 Å². The van der Waals surface area contributed by atoms with Crippen molar-refractivity contribution >= 4 is 0 Å². The predicted octanol–water partition coefficient (Wildman–Crippen LogP) is 2.67. The molecule has 1 aliphatic heterocycles. The summed E-state index contributed by atoms with van der Waals surface area (Å²) < 4.78 is 28.9. The van der Waals surface area contributed by atoms with Crippen molar-refractivity contribution in [2.45, 2.75) is 82.8 Å². The molecule has 0 amide bonds. The molecule has 3 rings (SSSR count). The van der Waals surface area contributed by atoms with Crippen molar-refractivity contribution in [1.29, 1.82) is 0 Å². The van der Waals surface area contributed by atoms with Crippen molar-refractivity contribution < 1.29 is 13.9 Å². The van der Waals surface area contributed by atoms with E-state index in [9.17, 15) is 13.9 Å². The fourth-order valence-electron chi connectivity index (χ4n) is 4.01. The van der Waals surface area contributed by atoms with E-state index in [1.54, 1.807) is 0 Å². The second-order valence-corrected chi connectivity index (χ2v) is 7.19. The lowest BCUT2D eigenvalue weighted by atomic mass is 9.81. The van der Waals surface area contributed by atoms with E-state index in [4.69, 9.17) is 0 Å². The molecule has 1 aromatic rings. The van der Waals surface area contributed by atoms with Gasteiger partial charge in [0.25, 0.3) is 0 Å². The van der Waals surface area contributed by atoms with Gasteiger partial charge in [-0.05, 0) is 38.0 Å². The van der Waals surface area contributed by atoms with E-state index in [1.165, 1.54) is 6.42 Å². The highest BCUT2D eigenvalue weighted by Gasteiger charge is 2.37. The van der Waals surface area contributed by atoms with Gasteiger partial charge in [0.2, 0.25) is 5.92 Å². The van der Waals surface area contributed by atoms with E-state index in [2.05, 4.69) is 20.1 Å². The van der Waals surface area contributed by atoms with E-state index in [0.717, 1.165) is 37.5 Å². The molecule has 7 heteroatoms. The molecule has 0 aromatic carbocycles. The van der Waals surface area contributed by atoms with E-state index in [0.29, 0.717) is 25.8 Å². The Hall–Kier alpha value is -1.08. The number of nitrogens with one attached hydrogen (secondary N) is 1. The highest BCUT2D eigenvalue weighted by atomic mass is 19.3. The molecule has 1 fully saturated rings. The second kappa shape index (κ2) is 7.87. The summed E-state index contributed by atoms with van der Waals surface area (Å²) in [4.78, 5) is 0. The van der Waals surface area contributed by atoms with Crippen LogP contribution in [0, 0.1) is 5.92 Å². The van der Waals surface area contributed by atoms with Gasteiger partial charge < -0.3 is 15.0 Å². The number of aryl methyl sites for hydroxylation is 1. The minimum Gasteiger partial charge on any atom is -0.396 e. The largest absolute Gasteiger partial charge is 0.396 e. The molecule has 1 aliphatic carbocycles. The zero-order valence-electron chi connectivity index (χ0n) is 14.2. The number of aliphatic hydroxyl groups is 1. The van der Waals surface area contributed by atoms with Crippen molar-refractivity contribution in [1.82, 2.24) is 20.1 Å². The van der Waals surface area contributed by atoms with E-state index < -0.39 is 5.92 Å². The third kappa shape index (κ3) is 4.30. The first kappa shape index (κ1) is 17.7. The molecule has 1 atom stereocenters. The highest BCUT2D eigenvalue weighted by molar-refractivity contribution is 4.98. The van der Waals surface area contributed by atoms with Gasteiger partial charge in [-0.3, -0.25) is 0 Å². The maximum atomic E-state index is 13.4. The number of hydrogen-bond donors (Lipinski definition) is 2. The van der Waals surface area contributed by atoms with E-state index in [1.807, 2.05) is 0 Å². The summed E-state index contributed by atoms with van der Waals surface area (Å²) in [5, 5.41) is 21.4. The number of aliphatic hydroxyl groups excluding tert-OH is 1. The Kier molecular flexibility index (Phi) is 5.81. The topological polar surface area (TPSA) is 63.0 Å². The summed E-state index contributed by atoms with van der Waals surface area (Å²) in [6.07, 6.45) is 6.06. The molecule has 1 saturated carbocycles. The van der Waals surface area contributed by atoms with Gasteiger partial charge in [-0.25, -0.2) is 8.78 Å². The molecule has 2 heterocycles. The number of fused-ring (bicyclic) bond motifs is 1. The van der Waals surface area contributed by atoms with Crippen LogP contribution in [-0.2, 0) is 19.5 Å². The van der Waals surface area contributed by atoms with Crippen LogP contribution >= 0.6 is 0 Å². The number of halogens is 2. The van der Waals surface area contributed by atoms with Crippen LogP contribution in [0.5, 0.6) is 0 Å². The summed E-state index contributed by atoms with van der Waals surface area (Å²) in [7, 11) is 0. The van der Waals surface area contributed by atoms with Gasteiger partial charge in [-0.2, -0.15) is 0 Å². The Bertz CT molecular complexity index is 525. The summed E-state index contributed by atoms with van der Waals surface area (Å²) in [5.74, 6) is -0.329. The molecule has 1 aromatic heterocycles. The maximum absolute atomic E-state index is 13.4. The zero-order chi connectivity index (χ0) is 17.0. The van der Waals surface area contributed by atoms with E-state index in [-0.39, 0.29) is 31.4 Å². The van der Waals surface area contributed by atoms with Crippen LogP contribution in [0.1, 0.15) is 63.0 Å². The van der Waals surface area contributed by atoms with Crippen LogP contribution in [0.4, 0.5) is 8.78 Å². The molecule has 0 spiro atoms. The lowest BCUT2D eigenvalue weighted by molar-refractivity contribution is -0.0504. The Morgan fingerprint density at radius 1 is 1.21 bits per heavy atom. The molecular formula is C17H28F2N4O. The summed E-state index contributed by atoms with van der Waals surface area (Å²) in [6, 6.07) is 0.0600. The normalized spacial score (nSPS) is 22.8. The minimum atomic E-state index is -2.51. The first-order valence-corrected chi connectivity index (χ1v) is 9.22. The fourth-order valence-corrected chi connectivity index (χ4v) is 4.01. The standard InChI is InChI=1S/C17H28F2N4O/c18-17(19)8-5-13(6-9-17)14(7-11-24)20-12-16-22-21-15-4-2-1-3-10-23(15)16/h13-14,20,24H,1-12H2. The van der Waals surface area contributed by atoms with Gasteiger partial charge in [0.05, 0.1) is 6.54 Å². The SMILES string of the molecule is OCCC(NCc1nnc2n1CCCCC2)C1CCC(F)(F)CC1. The van der Waals surface area contributed by atoms with E-state index >= 15 is 0 Å². The van der Waals surface area contributed by atoms with Crippen LogP contribution in [0.15, 0.2) is 0 Å². The molecule has 136 valence electrons. The molecule has 0 radical (unpaired) electrons. The fraction of sp³-hybridized carbons (Fsp3) is 0.882. The van der Waals surface area contributed by atoms with Gasteiger partial charge in [0.1, 0.15) is 11.6 Å². The first-order valence-electron chi connectivity index (χ1n) is 9.22. The summed E-state index contributed by atoms with van der Waals surface area (Å²) >= 11 is 0. The Labute approximate surface area is 141 Å². The van der Waals surface area contributed by atoms with Crippen molar-refractivity contribution in [3.8, 4) is 0 Å². The Morgan fingerprint density at radius 3 is 2.75 bits per heavy atom. The quantitative estimate of drug-likeness (QED) is 0.834. The van der Waals surface area contributed by atoms with Crippen LogP contribution < -0.4 is 5.32 Å². The zero-order valence-corrected chi connectivity index (χ0v) is 14.2. The third-order valence-electron chi connectivity index (χ3n) is 5.48. The predicted molar refractivity (Wildman–Crippen MR) is 86.8 cm³/mol. The Balaban J connectivity index is 1.59. The first-order chi connectivity index (χ1) is 11.6. The number of alkyl halides is 2. The number of nitrogens with zero attached hydrogens (tertiary/aromatic N) is 3. The molecule has 0 saturated heterocycles. The monoisotopic (exact) mass is 342 g/mol. The van der Waals surface area contributed by atoms with Crippen molar-refractivity contribution in [2.75, 3.05) is 6.61 Å². The van der Waals surface area contributed by atoms with Gasteiger partial charge in [-0.15, -0.1) is 10.2 Å². The smallest absolute Gasteiger partial charge is 0.248 e. The van der Waals surface area contributed by atoms with Gasteiger partial charge in [-0.1, -0.05) is 6.42 Å². The highest BCUT2D eigenvalue weighted by Crippen LogP contribution is 2.38. The lowest BCUT2D eigenvalue weighted by Gasteiger charge is -2.34. The lowest BCUT2D eigenvalue weighted by Crippen LogP contribution is -2.40. The number of aromatic nitrogens is 3. The average Bonchev–Trinajstić information content (AvgIpc) is 2.78. The number of rotatable bonds is 6. The molecule has 5 nitrogen and oxygen atoms in total. The molecule has 1 unspecified atom stereocenters. The minimum absolute atomic E-state index is 0.0401. The Morgan fingerprint density at radius 2 is 2.00 bits per heavy atom. The van der Waals surface area contributed by atoms with Crippen LogP contribution in [0.25, 0.3) is 0 Å². The van der Waals surface area contributed by atoms with Crippen LogP contribution in [0.3, 0.4) is 0 Å². The van der Waals surface area contributed by atoms with Crippen LogP contribution in [0.2, 0.25) is 0 Å². The van der Waals surface area contributed by atoms with Crippen molar-refractivity contribution in [3.05, 3.63) is 11.6 Å². The average molecular weight is 342 g/mol. The van der Waals surface area contributed by atoms with Crippen molar-refractivity contribution in [3.63, 3.8) is 0 Å². The van der Waals surface area contributed by atoms with Crippen molar-refractivity contribution in [2.24, 2.45) is 5.92 Å². The molecule has 2 N–H and O–H groups in total. The molecule has 0 bridgehead atoms. The maximum Gasteiger partial charge on any atom is 0.248 e. The second-order valence-electron chi connectivity index (χ2n) is 7.19. The third-order valence-corrected chi connectivity index (χ3v) is 5.48. The van der Waals surface area contributed by atoms with Gasteiger partial charge >= 0.3 is 0 Å². The van der Waals surface area contributed by atoms with Gasteiger partial charge in [0.15, 0.2) is 0 Å². The summed E-state index contributed by atoms with van der Waals surface area (Å²) in [5.41, 5.74) is 0. The number of hydrogen-bond acceptors (Lipinski definition) is 4. The van der Waals surface area contributed by atoms with Crippen LogP contribution in [-0.4, -0.2) is 38.4 Å². The summed E-state index contributed by atoms with van der Waals surface area (Å²) in [6.45, 7) is 1.62. The molecular weight excluding hydrogens is 314 g/mol. The molecule has 24 heavy (non-hydrogen) atoms. The molecule has 2 aliphatic rings.